The summed E-state index contributed by atoms with van der Waals surface area (Å²) in [5, 5.41) is 0. The summed E-state index contributed by atoms with van der Waals surface area (Å²) in [6.45, 7) is 6.68. The molecule has 0 spiro atoms. The smallest absolute Gasteiger partial charge is 0.310 e. The van der Waals surface area contributed by atoms with E-state index in [4.69, 9.17) is 4.74 Å². The maximum atomic E-state index is 11.7. The molecular formula is C18H24O2. The molecule has 0 bridgehead atoms. The van der Waals surface area contributed by atoms with Gasteiger partial charge >= 0.3 is 5.97 Å². The molecular weight excluding hydrogens is 248 g/mol. The van der Waals surface area contributed by atoms with Crippen LogP contribution in [0, 0.1) is 5.92 Å². The molecule has 0 radical (unpaired) electrons. The lowest BCUT2D eigenvalue weighted by molar-refractivity contribution is -0.143. The van der Waals surface area contributed by atoms with Gasteiger partial charge in [-0.25, -0.2) is 0 Å². The number of carbonyl (C=O) groups is 1. The average molecular weight is 272 g/mol. The van der Waals surface area contributed by atoms with Gasteiger partial charge in [0.15, 0.2) is 0 Å². The minimum Gasteiger partial charge on any atom is -0.465 e. The first-order valence-corrected chi connectivity index (χ1v) is 7.16. The van der Waals surface area contributed by atoms with Crippen molar-refractivity contribution in [1.29, 1.82) is 0 Å². The maximum Gasteiger partial charge on any atom is 0.310 e. The van der Waals surface area contributed by atoms with Crippen molar-refractivity contribution in [3.05, 3.63) is 59.7 Å². The molecule has 0 heterocycles. The summed E-state index contributed by atoms with van der Waals surface area (Å²) in [5.41, 5.74) is 2.21. The molecule has 0 saturated carbocycles. The van der Waals surface area contributed by atoms with Crippen molar-refractivity contribution in [3.8, 4) is 0 Å². The predicted molar refractivity (Wildman–Crippen MR) is 83.5 cm³/mol. The zero-order valence-electron chi connectivity index (χ0n) is 12.6. The van der Waals surface area contributed by atoms with Crippen LogP contribution in [0.2, 0.25) is 0 Å². The number of ether oxygens (including phenoxy) is 1. The molecule has 0 aliphatic carbocycles. The van der Waals surface area contributed by atoms with Gasteiger partial charge in [0.05, 0.1) is 13.0 Å². The molecule has 108 valence electrons. The topological polar surface area (TPSA) is 26.3 Å². The minimum atomic E-state index is -0.167. The summed E-state index contributed by atoms with van der Waals surface area (Å²) in [4.78, 5) is 11.7. The van der Waals surface area contributed by atoms with Crippen molar-refractivity contribution in [2.24, 2.45) is 5.92 Å². The Morgan fingerprint density at radius 1 is 1.30 bits per heavy atom. The lowest BCUT2D eigenvalue weighted by Crippen LogP contribution is -2.14. The second-order valence-electron chi connectivity index (χ2n) is 4.99. The van der Waals surface area contributed by atoms with Crippen molar-refractivity contribution in [2.45, 2.75) is 33.6 Å². The van der Waals surface area contributed by atoms with Crippen LogP contribution >= 0.6 is 0 Å². The molecule has 1 rings (SSSR count). The van der Waals surface area contributed by atoms with Crippen molar-refractivity contribution in [3.63, 3.8) is 0 Å². The molecule has 0 fully saturated rings. The van der Waals surface area contributed by atoms with Gasteiger partial charge in [0.1, 0.15) is 0 Å². The van der Waals surface area contributed by atoms with Gasteiger partial charge in [0, 0.05) is 5.92 Å². The number of hydrogen-bond donors (Lipinski definition) is 0. The number of carbonyl (C=O) groups excluding carboxylic acids is 1. The van der Waals surface area contributed by atoms with Crippen molar-refractivity contribution in [2.75, 3.05) is 6.61 Å². The zero-order chi connectivity index (χ0) is 14.8. The Morgan fingerprint density at radius 2 is 2.00 bits per heavy atom. The van der Waals surface area contributed by atoms with Crippen LogP contribution in [0.5, 0.6) is 0 Å². The highest BCUT2D eigenvalue weighted by molar-refractivity contribution is 5.72. The van der Waals surface area contributed by atoms with E-state index in [2.05, 4.69) is 39.0 Å². The maximum absolute atomic E-state index is 11.7. The minimum absolute atomic E-state index is 0.167. The Bertz CT molecular complexity index is 458. The molecule has 2 nitrogen and oxygen atoms in total. The van der Waals surface area contributed by atoms with Crippen LogP contribution in [0.4, 0.5) is 0 Å². The first-order valence-electron chi connectivity index (χ1n) is 7.16. The van der Waals surface area contributed by atoms with Crippen LogP contribution < -0.4 is 0 Å². The third-order valence-corrected chi connectivity index (χ3v) is 3.19. The van der Waals surface area contributed by atoms with Crippen molar-refractivity contribution in [1.82, 2.24) is 0 Å². The summed E-state index contributed by atoms with van der Waals surface area (Å²) < 4.78 is 5.33. The quantitative estimate of drug-likeness (QED) is 0.546. The van der Waals surface area contributed by atoms with Gasteiger partial charge < -0.3 is 4.74 Å². The van der Waals surface area contributed by atoms with Gasteiger partial charge in [-0.1, -0.05) is 68.0 Å². The van der Waals surface area contributed by atoms with E-state index in [1.54, 1.807) is 0 Å². The van der Waals surface area contributed by atoms with Crippen LogP contribution in [-0.4, -0.2) is 12.6 Å². The average Bonchev–Trinajstić information content (AvgIpc) is 2.46. The highest BCUT2D eigenvalue weighted by Gasteiger charge is 2.09. The summed E-state index contributed by atoms with van der Waals surface area (Å²) in [5.74, 6) is 0.0798. The lowest BCUT2D eigenvalue weighted by Gasteiger charge is -2.12. The first-order chi connectivity index (χ1) is 9.63. The van der Waals surface area contributed by atoms with Crippen molar-refractivity contribution >= 4 is 5.97 Å². The molecule has 20 heavy (non-hydrogen) atoms. The fraction of sp³-hybridized carbons (Fsp3) is 0.389. The van der Waals surface area contributed by atoms with Gasteiger partial charge in [-0.15, -0.1) is 0 Å². The van der Waals surface area contributed by atoms with Crippen LogP contribution in [0.25, 0.3) is 0 Å². The molecule has 2 heteroatoms. The molecule has 1 aromatic rings. The SMILES string of the molecule is CC/C=C/C=C(\C)C(C)COC(=O)Cc1ccccc1. The van der Waals surface area contributed by atoms with E-state index in [1.165, 1.54) is 5.57 Å². The van der Waals surface area contributed by atoms with Gasteiger partial charge in [-0.05, 0) is 18.9 Å². The number of esters is 1. The first kappa shape index (κ1) is 16.2. The molecule has 0 amide bonds. The summed E-state index contributed by atoms with van der Waals surface area (Å²) in [7, 11) is 0. The third kappa shape index (κ3) is 6.37. The van der Waals surface area contributed by atoms with Gasteiger partial charge in [-0.2, -0.15) is 0 Å². The standard InChI is InChI=1S/C18H24O2/c1-4-5-7-10-15(2)16(3)14-20-18(19)13-17-11-8-6-9-12-17/h5-12,16H,4,13-14H2,1-3H3/b7-5+,15-10+. The summed E-state index contributed by atoms with van der Waals surface area (Å²) >= 11 is 0. The summed E-state index contributed by atoms with van der Waals surface area (Å²) in [6, 6.07) is 9.67. The van der Waals surface area contributed by atoms with E-state index in [-0.39, 0.29) is 11.9 Å². The Balaban J connectivity index is 2.37. The Morgan fingerprint density at radius 3 is 2.65 bits per heavy atom. The van der Waals surface area contributed by atoms with Crippen molar-refractivity contribution < 1.29 is 9.53 Å². The molecule has 1 unspecified atom stereocenters. The summed E-state index contributed by atoms with van der Waals surface area (Å²) in [6.07, 6.45) is 7.62. The van der Waals surface area contributed by atoms with Crippen LogP contribution in [0.15, 0.2) is 54.1 Å². The zero-order valence-corrected chi connectivity index (χ0v) is 12.6. The van der Waals surface area contributed by atoms with E-state index < -0.39 is 0 Å². The van der Waals surface area contributed by atoms with Crippen LogP contribution in [-0.2, 0) is 16.0 Å². The molecule has 0 aliphatic heterocycles. The van der Waals surface area contributed by atoms with Gasteiger partial charge in [-0.3, -0.25) is 4.79 Å². The number of hydrogen-bond acceptors (Lipinski definition) is 2. The Hall–Kier alpha value is -1.83. The second kappa shape index (κ2) is 9.13. The monoisotopic (exact) mass is 272 g/mol. The third-order valence-electron chi connectivity index (χ3n) is 3.19. The predicted octanol–water partition coefficient (Wildman–Crippen LogP) is 4.32. The van der Waals surface area contributed by atoms with Gasteiger partial charge in [0.2, 0.25) is 0 Å². The van der Waals surface area contributed by atoms with E-state index in [1.807, 2.05) is 30.3 Å². The van der Waals surface area contributed by atoms with Crippen LogP contribution in [0.1, 0.15) is 32.8 Å². The second-order valence-corrected chi connectivity index (χ2v) is 4.99. The molecule has 0 aromatic heterocycles. The largest absolute Gasteiger partial charge is 0.465 e. The van der Waals surface area contributed by atoms with E-state index in [0.29, 0.717) is 13.0 Å². The molecule has 0 N–H and O–H groups in total. The Labute approximate surface area is 122 Å². The molecule has 0 aliphatic rings. The Kier molecular flexibility index (Phi) is 7.41. The molecule has 1 aromatic carbocycles. The van der Waals surface area contributed by atoms with E-state index in [9.17, 15) is 4.79 Å². The highest BCUT2D eigenvalue weighted by Crippen LogP contribution is 2.11. The lowest BCUT2D eigenvalue weighted by atomic mass is 10.0. The fourth-order valence-electron chi connectivity index (χ4n) is 1.68. The van der Waals surface area contributed by atoms with Crippen LogP contribution in [0.3, 0.4) is 0 Å². The number of rotatable bonds is 7. The normalized spacial score (nSPS) is 13.4. The number of benzene rings is 1. The number of allylic oxidation sites excluding steroid dienone is 3. The van der Waals surface area contributed by atoms with E-state index >= 15 is 0 Å². The van der Waals surface area contributed by atoms with Gasteiger partial charge in [0.25, 0.3) is 0 Å². The molecule has 0 saturated heterocycles. The fourth-order valence-corrected chi connectivity index (χ4v) is 1.68. The molecule has 1 atom stereocenters. The van der Waals surface area contributed by atoms with E-state index in [0.717, 1.165) is 12.0 Å². The highest BCUT2D eigenvalue weighted by atomic mass is 16.5.